The fourth-order valence-electron chi connectivity index (χ4n) is 3.17. The molecular weight excluding hydrogens is 386 g/mol. The number of aryl methyl sites for hydroxylation is 1. The zero-order chi connectivity index (χ0) is 21.6. The predicted octanol–water partition coefficient (Wildman–Crippen LogP) is 5.74. The summed E-state index contributed by atoms with van der Waals surface area (Å²) >= 11 is 0. The van der Waals surface area contributed by atoms with Gasteiger partial charge in [0.05, 0.1) is 6.04 Å². The summed E-state index contributed by atoms with van der Waals surface area (Å²) in [6, 6.07) is 25.2. The second-order valence-corrected chi connectivity index (χ2v) is 7.36. The smallest absolute Gasteiger partial charge is 0.321 e. The number of nitrogens with zero attached hydrogens (tertiary/aromatic N) is 2. The number of nitrogens with one attached hydrogen (secondary N) is 1. The van der Waals surface area contributed by atoms with Crippen molar-refractivity contribution in [1.29, 1.82) is 0 Å². The molecule has 1 atom stereocenters. The van der Waals surface area contributed by atoms with Crippen molar-refractivity contribution in [3.05, 3.63) is 108 Å². The van der Waals surface area contributed by atoms with Crippen molar-refractivity contribution in [3.63, 3.8) is 0 Å². The molecule has 4 aromatic rings. The van der Waals surface area contributed by atoms with E-state index in [9.17, 15) is 4.79 Å². The maximum Gasteiger partial charge on any atom is 0.321 e. The van der Waals surface area contributed by atoms with Crippen LogP contribution >= 0.6 is 0 Å². The van der Waals surface area contributed by atoms with Gasteiger partial charge in [-0.1, -0.05) is 60.2 Å². The average Bonchev–Trinajstić information content (AvgIpc) is 2.81. The summed E-state index contributed by atoms with van der Waals surface area (Å²) < 4.78 is 5.64. The second-order valence-electron chi connectivity index (χ2n) is 7.36. The molecular formula is C26H23N3O2. The molecule has 0 saturated carbocycles. The second kappa shape index (κ2) is 9.22. The molecule has 0 spiro atoms. The first-order chi connectivity index (χ1) is 15.1. The van der Waals surface area contributed by atoms with E-state index in [1.807, 2.05) is 86.6 Å². The van der Waals surface area contributed by atoms with Crippen LogP contribution in [0.25, 0.3) is 11.1 Å². The van der Waals surface area contributed by atoms with E-state index >= 15 is 0 Å². The van der Waals surface area contributed by atoms with Crippen molar-refractivity contribution in [3.8, 4) is 22.9 Å². The summed E-state index contributed by atoms with van der Waals surface area (Å²) in [7, 11) is 0. The van der Waals surface area contributed by atoms with Gasteiger partial charge in [0.15, 0.2) is 0 Å². The van der Waals surface area contributed by atoms with Gasteiger partial charge in [-0.15, -0.1) is 0 Å². The lowest BCUT2D eigenvalue weighted by Crippen LogP contribution is -2.26. The monoisotopic (exact) mass is 409 g/mol. The SMILES string of the molecule is Cc1ccc([C@H](C)NC(=O)c2cccc(-c3cnc(Oc4ccccc4)nc3)c2)cc1. The first-order valence-corrected chi connectivity index (χ1v) is 10.1. The van der Waals surface area contributed by atoms with Gasteiger partial charge in [-0.25, -0.2) is 9.97 Å². The molecule has 0 fully saturated rings. The molecule has 0 radical (unpaired) electrons. The maximum atomic E-state index is 12.8. The Morgan fingerprint density at radius 2 is 1.58 bits per heavy atom. The lowest BCUT2D eigenvalue weighted by atomic mass is 10.0. The third-order valence-electron chi connectivity index (χ3n) is 4.96. The molecule has 1 aromatic heterocycles. The Morgan fingerprint density at radius 3 is 2.29 bits per heavy atom. The number of hydrogen-bond donors (Lipinski definition) is 1. The Kier molecular flexibility index (Phi) is 6.03. The maximum absolute atomic E-state index is 12.8. The van der Waals surface area contributed by atoms with E-state index in [2.05, 4.69) is 15.3 Å². The highest BCUT2D eigenvalue weighted by Gasteiger charge is 2.12. The van der Waals surface area contributed by atoms with E-state index in [1.54, 1.807) is 18.5 Å². The van der Waals surface area contributed by atoms with Gasteiger partial charge in [0, 0.05) is 23.5 Å². The van der Waals surface area contributed by atoms with E-state index in [4.69, 9.17) is 4.74 Å². The van der Waals surface area contributed by atoms with E-state index < -0.39 is 0 Å². The molecule has 4 rings (SSSR count). The van der Waals surface area contributed by atoms with Crippen molar-refractivity contribution < 1.29 is 9.53 Å². The number of ether oxygens (including phenoxy) is 1. The van der Waals surface area contributed by atoms with Gasteiger partial charge < -0.3 is 10.1 Å². The summed E-state index contributed by atoms with van der Waals surface area (Å²) in [5.74, 6) is 0.552. The topological polar surface area (TPSA) is 64.1 Å². The number of para-hydroxylation sites is 1. The Balaban J connectivity index is 1.46. The van der Waals surface area contributed by atoms with E-state index in [-0.39, 0.29) is 18.0 Å². The molecule has 5 nitrogen and oxygen atoms in total. The first-order valence-electron chi connectivity index (χ1n) is 10.1. The third-order valence-corrected chi connectivity index (χ3v) is 4.96. The molecule has 0 aliphatic carbocycles. The number of aromatic nitrogens is 2. The van der Waals surface area contributed by atoms with E-state index in [0.717, 1.165) is 16.7 Å². The molecule has 0 saturated heterocycles. The standard InChI is InChI=1S/C26H23N3O2/c1-18-11-13-20(14-12-18)19(2)29-25(30)22-8-6-7-21(15-22)23-16-27-26(28-17-23)31-24-9-4-3-5-10-24/h3-17,19H,1-2H3,(H,29,30)/t19-/m0/s1. The Labute approximate surface area is 181 Å². The zero-order valence-corrected chi connectivity index (χ0v) is 17.4. The molecule has 5 heteroatoms. The Morgan fingerprint density at radius 1 is 0.871 bits per heavy atom. The van der Waals surface area contributed by atoms with Crippen LogP contribution in [0, 0.1) is 6.92 Å². The third kappa shape index (κ3) is 5.14. The van der Waals surface area contributed by atoms with E-state index in [1.165, 1.54) is 5.56 Å². The average molecular weight is 409 g/mol. The van der Waals surface area contributed by atoms with Crippen LogP contribution in [0.15, 0.2) is 91.3 Å². The summed E-state index contributed by atoms with van der Waals surface area (Å²) in [6.45, 7) is 4.02. The molecule has 31 heavy (non-hydrogen) atoms. The largest absolute Gasteiger partial charge is 0.424 e. The fourth-order valence-corrected chi connectivity index (χ4v) is 3.17. The molecule has 0 aliphatic heterocycles. The van der Waals surface area contributed by atoms with Gasteiger partial charge in [0.1, 0.15) is 5.75 Å². The number of carbonyl (C=O) groups excluding carboxylic acids is 1. The van der Waals surface area contributed by atoms with Crippen molar-refractivity contribution in [2.45, 2.75) is 19.9 Å². The Hall–Kier alpha value is -3.99. The number of benzene rings is 3. The molecule has 1 amide bonds. The minimum Gasteiger partial charge on any atom is -0.424 e. The highest BCUT2D eigenvalue weighted by Crippen LogP contribution is 2.22. The summed E-state index contributed by atoms with van der Waals surface area (Å²) in [4.78, 5) is 21.3. The van der Waals surface area contributed by atoms with Gasteiger partial charge in [-0.2, -0.15) is 0 Å². The normalized spacial score (nSPS) is 11.5. The van der Waals surface area contributed by atoms with E-state index in [0.29, 0.717) is 11.3 Å². The van der Waals surface area contributed by atoms with Crippen molar-refractivity contribution in [1.82, 2.24) is 15.3 Å². The van der Waals surface area contributed by atoms with Gasteiger partial charge >= 0.3 is 6.01 Å². The Bertz CT molecular complexity index is 1160. The molecule has 1 N–H and O–H groups in total. The van der Waals surface area contributed by atoms with Crippen LogP contribution in [0.5, 0.6) is 11.8 Å². The van der Waals surface area contributed by atoms with Crippen LogP contribution in [-0.2, 0) is 0 Å². The van der Waals surface area contributed by atoms with Gasteiger partial charge in [0.2, 0.25) is 0 Å². The lowest BCUT2D eigenvalue weighted by molar-refractivity contribution is 0.0940. The van der Waals surface area contributed by atoms with Gasteiger partial charge in [-0.05, 0) is 49.2 Å². The highest BCUT2D eigenvalue weighted by atomic mass is 16.5. The van der Waals surface area contributed by atoms with Gasteiger partial charge in [0.25, 0.3) is 5.91 Å². The molecule has 1 heterocycles. The van der Waals surface area contributed by atoms with Crippen molar-refractivity contribution in [2.24, 2.45) is 0 Å². The van der Waals surface area contributed by atoms with Crippen molar-refractivity contribution in [2.75, 3.05) is 0 Å². The highest BCUT2D eigenvalue weighted by molar-refractivity contribution is 5.95. The predicted molar refractivity (Wildman–Crippen MR) is 121 cm³/mol. The summed E-state index contributed by atoms with van der Waals surface area (Å²) in [5, 5.41) is 3.06. The molecule has 0 bridgehead atoms. The van der Waals surface area contributed by atoms with Gasteiger partial charge in [-0.3, -0.25) is 4.79 Å². The number of amides is 1. The quantitative estimate of drug-likeness (QED) is 0.441. The summed E-state index contributed by atoms with van der Waals surface area (Å²) in [6.07, 6.45) is 3.38. The number of carbonyl (C=O) groups is 1. The van der Waals surface area contributed by atoms with Crippen LogP contribution in [0.2, 0.25) is 0 Å². The molecule has 3 aromatic carbocycles. The van der Waals surface area contributed by atoms with Crippen LogP contribution in [0.1, 0.15) is 34.5 Å². The van der Waals surface area contributed by atoms with Crippen LogP contribution in [-0.4, -0.2) is 15.9 Å². The molecule has 154 valence electrons. The lowest BCUT2D eigenvalue weighted by Gasteiger charge is -2.15. The minimum atomic E-state index is -0.125. The number of rotatable bonds is 6. The first kappa shape index (κ1) is 20.3. The fraction of sp³-hybridized carbons (Fsp3) is 0.115. The minimum absolute atomic E-state index is 0.0884. The van der Waals surface area contributed by atoms with Crippen LogP contribution in [0.4, 0.5) is 0 Å². The number of hydrogen-bond acceptors (Lipinski definition) is 4. The summed E-state index contributed by atoms with van der Waals surface area (Å²) in [5.41, 5.74) is 4.51. The molecule has 0 unspecified atom stereocenters. The zero-order valence-electron chi connectivity index (χ0n) is 17.4. The van der Waals surface area contributed by atoms with Crippen LogP contribution < -0.4 is 10.1 Å². The molecule has 0 aliphatic rings. The van der Waals surface area contributed by atoms with Crippen LogP contribution in [0.3, 0.4) is 0 Å². The van der Waals surface area contributed by atoms with Crippen molar-refractivity contribution >= 4 is 5.91 Å².